The second-order valence-corrected chi connectivity index (χ2v) is 9.99. The summed E-state index contributed by atoms with van der Waals surface area (Å²) in [5.74, 6) is 0.991. The average Bonchev–Trinajstić information content (AvgIpc) is 3.29. The zero-order valence-corrected chi connectivity index (χ0v) is 21.5. The van der Waals surface area contributed by atoms with Crippen molar-refractivity contribution in [1.29, 1.82) is 0 Å². The quantitative estimate of drug-likeness (QED) is 0.542. The fraction of sp³-hybridized carbons (Fsp3) is 0.478. The highest BCUT2D eigenvalue weighted by Gasteiger charge is 2.32. The smallest absolute Gasteiger partial charge is 0.407 e. The number of hydrogen-bond donors (Lipinski definition) is 2. The number of piperazine rings is 1. The van der Waals surface area contributed by atoms with Crippen LogP contribution in [0.2, 0.25) is 15.1 Å². The molecular formula is C23H27Cl3N6O3. The van der Waals surface area contributed by atoms with E-state index in [1.54, 1.807) is 23.2 Å². The van der Waals surface area contributed by atoms with E-state index < -0.39 is 6.09 Å². The number of benzene rings is 1. The number of rotatable bonds is 6. The van der Waals surface area contributed by atoms with E-state index in [1.807, 2.05) is 17.9 Å². The minimum atomic E-state index is -0.956. The van der Waals surface area contributed by atoms with Gasteiger partial charge in [0.2, 0.25) is 11.9 Å². The monoisotopic (exact) mass is 540 g/mol. The summed E-state index contributed by atoms with van der Waals surface area (Å²) in [4.78, 5) is 38.3. The number of aromatic nitrogens is 2. The van der Waals surface area contributed by atoms with Crippen LogP contribution in [0.4, 0.5) is 16.6 Å². The molecule has 2 aliphatic heterocycles. The standard InChI is InChI=1S/C23H27Cl3N6O3/c1-14(17-5-4-15(24)11-18(17)25)28-21-19(26)13-27-22(29-21)31-9-7-30(8-10-31)20(33)12-16-3-2-6-32(16)23(34)35/h4-5,11,13-14,16H,2-3,6-10,12H2,1H3,(H,34,35)(H,27,28,29)/t14-,16?/m1/s1. The van der Waals surface area contributed by atoms with Gasteiger partial charge in [0.05, 0.1) is 12.2 Å². The van der Waals surface area contributed by atoms with E-state index in [0.717, 1.165) is 18.4 Å². The van der Waals surface area contributed by atoms with Crippen molar-refractivity contribution in [3.8, 4) is 0 Å². The molecule has 1 aromatic carbocycles. The molecule has 0 saturated carbocycles. The molecule has 0 radical (unpaired) electrons. The summed E-state index contributed by atoms with van der Waals surface area (Å²) < 4.78 is 0. The lowest BCUT2D eigenvalue weighted by atomic mass is 10.1. The lowest BCUT2D eigenvalue weighted by Gasteiger charge is -2.35. The normalized spacial score (nSPS) is 19.1. The van der Waals surface area contributed by atoms with E-state index in [1.165, 1.54) is 4.90 Å². The van der Waals surface area contributed by atoms with Gasteiger partial charge in [0.25, 0.3) is 0 Å². The molecule has 1 unspecified atom stereocenters. The molecule has 1 aromatic heterocycles. The number of halogens is 3. The largest absolute Gasteiger partial charge is 0.465 e. The number of nitrogens with one attached hydrogen (secondary N) is 1. The first-order valence-corrected chi connectivity index (χ1v) is 12.6. The number of carboxylic acid groups (broad SMARTS) is 1. The van der Waals surface area contributed by atoms with Gasteiger partial charge in [0.15, 0.2) is 5.82 Å². The Morgan fingerprint density at radius 1 is 1.14 bits per heavy atom. The summed E-state index contributed by atoms with van der Waals surface area (Å²) in [6, 6.07) is 4.92. The van der Waals surface area contributed by atoms with Crippen LogP contribution in [0.25, 0.3) is 0 Å². The molecule has 0 aliphatic carbocycles. The molecule has 0 spiro atoms. The van der Waals surface area contributed by atoms with Crippen molar-refractivity contribution in [2.75, 3.05) is 42.9 Å². The third-order valence-corrected chi connectivity index (χ3v) is 7.30. The van der Waals surface area contributed by atoms with E-state index in [0.29, 0.717) is 59.6 Å². The maximum Gasteiger partial charge on any atom is 0.407 e. The van der Waals surface area contributed by atoms with Crippen LogP contribution in [-0.2, 0) is 4.79 Å². The van der Waals surface area contributed by atoms with Gasteiger partial charge in [-0.05, 0) is 37.5 Å². The van der Waals surface area contributed by atoms with Crippen molar-refractivity contribution in [1.82, 2.24) is 19.8 Å². The van der Waals surface area contributed by atoms with Gasteiger partial charge >= 0.3 is 6.09 Å². The van der Waals surface area contributed by atoms with E-state index in [-0.39, 0.29) is 24.4 Å². The second kappa shape index (κ2) is 11.1. The van der Waals surface area contributed by atoms with E-state index in [2.05, 4.69) is 15.3 Å². The highest BCUT2D eigenvalue weighted by Crippen LogP contribution is 2.31. The lowest BCUT2D eigenvalue weighted by Crippen LogP contribution is -2.50. The number of carbonyl (C=O) groups excluding carboxylic acids is 1. The van der Waals surface area contributed by atoms with Gasteiger partial charge < -0.3 is 25.1 Å². The summed E-state index contributed by atoms with van der Waals surface area (Å²) in [6.45, 7) is 4.62. The summed E-state index contributed by atoms with van der Waals surface area (Å²) in [6.07, 6.45) is 2.35. The third kappa shape index (κ3) is 6.02. The van der Waals surface area contributed by atoms with Crippen LogP contribution in [0.15, 0.2) is 24.4 Å². The van der Waals surface area contributed by atoms with Crippen molar-refractivity contribution in [3.05, 3.63) is 45.0 Å². The van der Waals surface area contributed by atoms with E-state index in [9.17, 15) is 14.7 Å². The van der Waals surface area contributed by atoms with Crippen molar-refractivity contribution >= 4 is 58.6 Å². The van der Waals surface area contributed by atoms with Gasteiger partial charge in [-0.3, -0.25) is 4.79 Å². The number of likely N-dealkylation sites (tertiary alicyclic amines) is 1. The molecule has 2 aliphatic rings. The first kappa shape index (κ1) is 25.6. The highest BCUT2D eigenvalue weighted by molar-refractivity contribution is 6.35. The van der Waals surface area contributed by atoms with Crippen LogP contribution >= 0.6 is 34.8 Å². The first-order valence-electron chi connectivity index (χ1n) is 11.5. The molecule has 2 fully saturated rings. The Bertz CT molecular complexity index is 1100. The molecule has 9 nitrogen and oxygen atoms in total. The zero-order valence-electron chi connectivity index (χ0n) is 19.3. The Hall–Kier alpha value is -2.49. The summed E-state index contributed by atoms with van der Waals surface area (Å²) in [5.41, 5.74) is 0.864. The van der Waals surface area contributed by atoms with Crippen LogP contribution in [0.3, 0.4) is 0 Å². The van der Waals surface area contributed by atoms with Crippen LogP contribution in [0, 0.1) is 0 Å². The molecular weight excluding hydrogens is 515 g/mol. The maximum absolute atomic E-state index is 12.8. The summed E-state index contributed by atoms with van der Waals surface area (Å²) in [7, 11) is 0. The zero-order chi connectivity index (χ0) is 25.1. The number of nitrogens with zero attached hydrogens (tertiary/aromatic N) is 5. The predicted octanol–water partition coefficient (Wildman–Crippen LogP) is 4.79. The molecule has 0 bridgehead atoms. The molecule has 188 valence electrons. The van der Waals surface area contributed by atoms with E-state index >= 15 is 0 Å². The summed E-state index contributed by atoms with van der Waals surface area (Å²) in [5, 5.41) is 14.1. The van der Waals surface area contributed by atoms with Gasteiger partial charge in [0.1, 0.15) is 5.02 Å². The molecule has 2 saturated heterocycles. The Kier molecular flexibility index (Phi) is 8.09. The van der Waals surface area contributed by atoms with Crippen molar-refractivity contribution in [2.24, 2.45) is 0 Å². The Labute approximate surface area is 219 Å². The molecule has 35 heavy (non-hydrogen) atoms. The number of carbonyl (C=O) groups is 2. The van der Waals surface area contributed by atoms with Crippen LogP contribution in [-0.4, -0.2) is 75.6 Å². The highest BCUT2D eigenvalue weighted by atomic mass is 35.5. The molecule has 2 aromatic rings. The van der Waals surface area contributed by atoms with Gasteiger partial charge in [0, 0.05) is 55.2 Å². The Morgan fingerprint density at radius 3 is 2.57 bits per heavy atom. The average molecular weight is 542 g/mol. The molecule has 2 amide bonds. The third-order valence-electron chi connectivity index (χ3n) is 6.46. The number of amides is 2. The minimum absolute atomic E-state index is 0.0177. The Morgan fingerprint density at radius 2 is 1.89 bits per heavy atom. The molecule has 2 N–H and O–H groups in total. The number of hydrogen-bond acceptors (Lipinski definition) is 6. The van der Waals surface area contributed by atoms with Crippen molar-refractivity contribution in [2.45, 2.75) is 38.3 Å². The van der Waals surface area contributed by atoms with Gasteiger partial charge in [-0.2, -0.15) is 4.98 Å². The number of anilines is 2. The van der Waals surface area contributed by atoms with Gasteiger partial charge in [-0.1, -0.05) is 40.9 Å². The van der Waals surface area contributed by atoms with E-state index in [4.69, 9.17) is 34.8 Å². The fourth-order valence-corrected chi connectivity index (χ4v) is 5.25. The SMILES string of the molecule is C[C@@H](Nc1nc(N2CCN(C(=O)CC3CCCN3C(=O)O)CC2)ncc1Cl)c1ccc(Cl)cc1Cl. The predicted molar refractivity (Wildman–Crippen MR) is 137 cm³/mol. The molecule has 4 rings (SSSR count). The fourth-order valence-electron chi connectivity index (χ4n) is 4.53. The van der Waals surface area contributed by atoms with Crippen molar-refractivity contribution in [3.63, 3.8) is 0 Å². The first-order chi connectivity index (χ1) is 16.7. The van der Waals surface area contributed by atoms with Gasteiger partial charge in [-0.15, -0.1) is 0 Å². The Balaban J connectivity index is 1.36. The van der Waals surface area contributed by atoms with Gasteiger partial charge in [-0.25, -0.2) is 9.78 Å². The molecule has 12 heteroatoms. The van der Waals surface area contributed by atoms with Crippen LogP contribution < -0.4 is 10.2 Å². The lowest BCUT2D eigenvalue weighted by molar-refractivity contribution is -0.132. The molecule has 3 heterocycles. The van der Waals surface area contributed by atoms with Crippen LogP contribution in [0.1, 0.15) is 37.8 Å². The second-order valence-electron chi connectivity index (χ2n) is 8.74. The topological polar surface area (TPSA) is 102 Å². The van der Waals surface area contributed by atoms with Crippen molar-refractivity contribution < 1.29 is 14.7 Å². The minimum Gasteiger partial charge on any atom is -0.465 e. The van der Waals surface area contributed by atoms with Crippen LogP contribution in [0.5, 0.6) is 0 Å². The maximum atomic E-state index is 12.8. The molecule has 2 atom stereocenters. The summed E-state index contributed by atoms with van der Waals surface area (Å²) >= 11 is 18.7.